The van der Waals surface area contributed by atoms with E-state index in [0.717, 1.165) is 201 Å². The number of hydrogen-bond acceptors (Lipinski definition) is 9. The van der Waals surface area contributed by atoms with Gasteiger partial charge >= 0.3 is 0 Å². The first-order chi connectivity index (χ1) is 65.1. The molecule has 0 saturated carbocycles. The first kappa shape index (κ1) is 80.9. The third kappa shape index (κ3) is 11.7. The molecule has 0 aliphatic carbocycles. The third-order valence-electron chi connectivity index (χ3n) is 30.3. The summed E-state index contributed by atoms with van der Waals surface area (Å²) in [5.74, 6) is 1.66. The van der Waals surface area contributed by atoms with Crippen LogP contribution in [0.25, 0.3) is 99.2 Å². The number of nitrogens with one attached hydrogen (secondary N) is 1. The van der Waals surface area contributed by atoms with E-state index < -0.39 is 6.71 Å². The fourth-order valence-corrected chi connectivity index (χ4v) is 25.0. The van der Waals surface area contributed by atoms with Crippen molar-refractivity contribution in [1.29, 1.82) is 0 Å². The van der Waals surface area contributed by atoms with Crippen LogP contribution in [0.15, 0.2) is 298 Å². The van der Waals surface area contributed by atoms with Gasteiger partial charge < -0.3 is 42.9 Å². The number of rotatable bonds is 7. The van der Waals surface area contributed by atoms with Gasteiger partial charge in [0.2, 0.25) is 0 Å². The predicted octanol–water partition coefficient (Wildman–Crippen LogP) is 27.9. The van der Waals surface area contributed by atoms with E-state index in [1.807, 2.05) is 0 Å². The Morgan fingerprint density at radius 1 is 0.244 bits per heavy atom. The number of benzene rings is 17. The summed E-state index contributed by atoms with van der Waals surface area (Å²) in [4.78, 5) is 10.6. The van der Waals surface area contributed by atoms with Gasteiger partial charge in [-0.2, -0.15) is 0 Å². The quantitative estimate of drug-likeness (QED) is 0.157. The number of hydrogen-bond donors (Lipinski definition) is 1. The maximum atomic E-state index is 7.62. The zero-order chi connectivity index (χ0) is 92.1. The van der Waals surface area contributed by atoms with E-state index in [0.29, 0.717) is 0 Å². The van der Waals surface area contributed by atoms with Crippen LogP contribution in [0.4, 0.5) is 79.6 Å². The molecule has 1 N–H and O–H groups in total. The zero-order valence-corrected chi connectivity index (χ0v) is 79.8. The molecule has 0 amide bonds. The Morgan fingerprint density at radius 3 is 1.05 bits per heavy atom. The highest BCUT2D eigenvalue weighted by Gasteiger charge is 2.52. The maximum absolute atomic E-state index is 7.62. The van der Waals surface area contributed by atoms with E-state index in [1.165, 1.54) is 105 Å². The Hall–Kier alpha value is -14.9. The van der Waals surface area contributed by atoms with Crippen molar-refractivity contribution in [1.82, 2.24) is 0 Å². The highest BCUT2D eigenvalue weighted by molar-refractivity contribution is 7.04. The lowest BCUT2D eigenvalue weighted by Crippen LogP contribution is -2.66. The minimum absolute atomic E-state index is 0.158. The lowest BCUT2D eigenvalue weighted by molar-refractivity contribution is 0.487. The summed E-state index contributed by atoms with van der Waals surface area (Å²) in [5, 5.41) is 11.0. The van der Waals surface area contributed by atoms with Crippen LogP contribution in [-0.2, 0) is 16.2 Å². The van der Waals surface area contributed by atoms with Gasteiger partial charge in [0, 0.05) is 128 Å². The predicted molar refractivity (Wildman–Crippen MR) is 572 cm³/mol. The lowest BCUT2D eigenvalue weighted by Gasteiger charge is -2.48. The van der Waals surface area contributed by atoms with Crippen molar-refractivity contribution in [3.05, 3.63) is 352 Å². The van der Waals surface area contributed by atoms with Gasteiger partial charge in [0.25, 0.3) is 20.1 Å². The molecule has 26 rings (SSSR count). The topological polar surface area (TPSA) is 73.6 Å². The normalized spacial score (nSPS) is 13.9. The molecule has 0 spiro atoms. The van der Waals surface area contributed by atoms with Crippen LogP contribution in [0.5, 0.6) is 11.5 Å². The fraction of sp³-hybridized carbons (Fsp3) is 0.171. The number of anilines is 14. The SMILES string of the molecule is Cc1cc(C)c(N2c3cc4c(cc3B3c5ccccc5Oc5cc(-c6cccc7c6oc6c(C(C)(C)C)cccc67)cc2c53)B2c3cc5c(cc3N(c3c(C)cc(C)cc3C)c3cc(-c6cccc7c6oc6c(C(C)(C)C)cccc67)cc(c32)N4c2c(C)cc(C)cc2C)Nc2cc(-c3cccc4c3oc3c(C(C)(C)C)cccc34)cc3c2B5c2ccccc2N3c2ccccc2)c(C)c1. The molecule has 12 heteroatoms. The lowest BCUT2D eigenvalue weighted by atomic mass is 9.29. The van der Waals surface area contributed by atoms with Crippen molar-refractivity contribution < 1.29 is 18.0 Å². The second kappa shape index (κ2) is 28.6. The second-order valence-corrected chi connectivity index (χ2v) is 42.5. The molecule has 20 aromatic rings. The fourth-order valence-electron chi connectivity index (χ4n) is 25.0. The van der Waals surface area contributed by atoms with Gasteiger partial charge in [0.05, 0.1) is 17.1 Å². The summed E-state index contributed by atoms with van der Waals surface area (Å²) < 4.78 is 30.0. The van der Waals surface area contributed by atoms with E-state index in [2.05, 4.69) is 435 Å². The van der Waals surface area contributed by atoms with Crippen LogP contribution in [0, 0.1) is 62.3 Å². The highest BCUT2D eigenvalue weighted by Crippen LogP contribution is 2.56. The molecule has 0 saturated heterocycles. The molecule has 6 aliphatic heterocycles. The molecular formula is C123H102B3N5O4. The van der Waals surface area contributed by atoms with Gasteiger partial charge in [-0.05, 0) is 251 Å². The first-order valence-electron chi connectivity index (χ1n) is 47.9. The molecule has 9 nitrogen and oxygen atoms in total. The van der Waals surface area contributed by atoms with Crippen molar-refractivity contribution in [2.75, 3.05) is 24.9 Å². The summed E-state index contributed by atoms with van der Waals surface area (Å²) >= 11 is 0. The molecule has 0 atom stereocenters. The zero-order valence-electron chi connectivity index (χ0n) is 79.8. The summed E-state index contributed by atoms with van der Waals surface area (Å²) in [6, 6.07) is 109. The van der Waals surface area contributed by atoms with Crippen molar-refractivity contribution in [2.24, 2.45) is 0 Å². The number of fused-ring (bicyclic) bond motifs is 21. The van der Waals surface area contributed by atoms with Crippen LogP contribution in [0.1, 0.15) is 129 Å². The standard InChI is InChI=1S/C123H102B3N5O4/c1-66-50-69(4)112(70(5)51-66)129-100-64-97-93(124-91-46-22-24-48-99(91)128(78-32-20-19-21-33-78)103-57-75(56-98(127-97)109(103)124)79-34-26-37-82-85-40-29-43-88(121(10,11)12)118(85)133-115(79)82)62-94(100)126-96-63-95-101(65-102(96)130(113-71(6)52-67(2)53-72(113)7)105-59-76(58-104(129)110(105)126)80-35-27-38-83-86-41-30-44-89(122(13,14)15)119(86)134-116(80)83)131(114-73(8)54-68(3)55-74(114)9)106-60-77(61-108-111(106)125(95)92-47-23-25-49-107(92)132-108)81-36-28-39-84-87-42-31-45-90(123(16,17)18)120(87)135-117(81)84/h19-65,127H,1-18H3. The van der Waals surface area contributed by atoms with Crippen LogP contribution >= 0.6 is 0 Å². The Morgan fingerprint density at radius 2 is 0.600 bits per heavy atom. The number of furan rings is 3. The molecule has 652 valence electrons. The minimum atomic E-state index is -0.394. The number of ether oxygens (including phenoxy) is 1. The van der Waals surface area contributed by atoms with Crippen molar-refractivity contribution in [2.45, 2.75) is 141 Å². The number of aryl methyl sites for hydroxylation is 9. The largest absolute Gasteiger partial charge is 0.458 e. The average molecular weight is 1750 g/mol. The van der Waals surface area contributed by atoms with E-state index in [1.54, 1.807) is 0 Å². The molecule has 9 heterocycles. The molecule has 0 radical (unpaired) electrons. The Bertz CT molecular complexity index is 8610. The van der Waals surface area contributed by atoms with Gasteiger partial charge in [-0.15, -0.1) is 0 Å². The summed E-state index contributed by atoms with van der Waals surface area (Å²) in [7, 11) is 0. The third-order valence-corrected chi connectivity index (χ3v) is 30.3. The Labute approximate surface area is 789 Å². The minimum Gasteiger partial charge on any atom is -0.458 e. The average Bonchev–Trinajstić information content (AvgIpc) is 1.33. The molecule has 0 bridgehead atoms. The highest BCUT2D eigenvalue weighted by atomic mass is 16.5. The number of nitrogens with zero attached hydrogens (tertiary/aromatic N) is 4. The van der Waals surface area contributed by atoms with E-state index in [-0.39, 0.29) is 29.7 Å². The summed E-state index contributed by atoms with van der Waals surface area (Å²) in [5.41, 5.74) is 51.4. The van der Waals surface area contributed by atoms with Gasteiger partial charge in [0.1, 0.15) is 45.0 Å². The van der Waals surface area contributed by atoms with Gasteiger partial charge in [0.15, 0.2) is 0 Å². The maximum Gasteiger partial charge on any atom is 0.256 e. The van der Waals surface area contributed by atoms with Crippen LogP contribution in [0.3, 0.4) is 0 Å². The summed E-state index contributed by atoms with van der Waals surface area (Å²) in [6.45, 7) is 40.3. The van der Waals surface area contributed by atoms with E-state index in [9.17, 15) is 0 Å². The first-order valence-corrected chi connectivity index (χ1v) is 47.9. The molecular weight excluding hydrogens is 1640 g/mol. The van der Waals surface area contributed by atoms with Crippen LogP contribution < -0.4 is 78.8 Å². The van der Waals surface area contributed by atoms with Gasteiger partial charge in [-0.25, -0.2) is 0 Å². The molecule has 6 aliphatic rings. The molecule has 17 aromatic carbocycles. The smallest absolute Gasteiger partial charge is 0.256 e. The van der Waals surface area contributed by atoms with Crippen LogP contribution in [-0.4, -0.2) is 20.1 Å². The van der Waals surface area contributed by atoms with Crippen molar-refractivity contribution in [3.8, 4) is 44.9 Å². The number of para-hydroxylation sites is 9. The summed E-state index contributed by atoms with van der Waals surface area (Å²) in [6.07, 6.45) is 0. The Kier molecular flexibility index (Phi) is 17.1. The Balaban J connectivity index is 0.794. The molecule has 0 fully saturated rings. The van der Waals surface area contributed by atoms with Crippen LogP contribution in [0.2, 0.25) is 0 Å². The van der Waals surface area contributed by atoms with E-state index >= 15 is 0 Å². The molecule has 0 unspecified atom stereocenters. The monoisotopic (exact) mass is 1750 g/mol. The van der Waals surface area contributed by atoms with E-state index in [4.69, 9.17) is 18.0 Å². The van der Waals surface area contributed by atoms with Crippen molar-refractivity contribution in [3.63, 3.8) is 0 Å². The van der Waals surface area contributed by atoms with Crippen molar-refractivity contribution >= 4 is 215 Å². The molecule has 135 heavy (non-hydrogen) atoms. The van der Waals surface area contributed by atoms with Gasteiger partial charge in [-0.3, -0.25) is 0 Å². The van der Waals surface area contributed by atoms with Gasteiger partial charge in [-0.1, -0.05) is 291 Å². The molecule has 3 aromatic heterocycles. The second-order valence-electron chi connectivity index (χ2n) is 42.5.